The molecule has 0 saturated carbocycles. The van der Waals surface area contributed by atoms with Crippen molar-refractivity contribution in [1.29, 1.82) is 0 Å². The lowest BCUT2D eigenvalue weighted by atomic mass is 10.0. The molecule has 0 aromatic heterocycles. The maximum atomic E-state index is 5.14. The molecule has 1 aliphatic heterocycles. The number of hydrogen-bond donors (Lipinski definition) is 0. The number of hydrogen-bond acceptors (Lipinski definition) is 4. The summed E-state index contributed by atoms with van der Waals surface area (Å²) in [7, 11) is 3.80. The van der Waals surface area contributed by atoms with Crippen LogP contribution in [0, 0.1) is 5.92 Å². The van der Waals surface area contributed by atoms with Crippen molar-refractivity contribution >= 4 is 21.3 Å². The Hall–Kier alpha value is -0.630. The van der Waals surface area contributed by atoms with Crippen molar-refractivity contribution in [2.45, 2.75) is 19.9 Å². The lowest BCUT2D eigenvalue weighted by Crippen LogP contribution is -2.32. The summed E-state index contributed by atoms with van der Waals surface area (Å²) in [5, 5.41) is 0. The highest BCUT2D eigenvalue weighted by Gasteiger charge is 2.24. The first-order chi connectivity index (χ1) is 6.19. The van der Waals surface area contributed by atoms with E-state index in [1.54, 1.807) is 7.11 Å². The smallest absolute Gasteiger partial charge is 0.209 e. The van der Waals surface area contributed by atoms with E-state index in [1.165, 1.54) is 0 Å². The predicted octanol–water partition coefficient (Wildman–Crippen LogP) is 1.27. The molecule has 74 valence electrons. The third kappa shape index (κ3) is 2.41. The Balaban J connectivity index is 2.78. The van der Waals surface area contributed by atoms with Gasteiger partial charge in [0.05, 0.1) is 16.6 Å². The van der Waals surface area contributed by atoms with Crippen LogP contribution in [-0.2, 0) is 9.26 Å². The van der Waals surface area contributed by atoms with Crippen LogP contribution in [0.4, 0.5) is 0 Å². The fraction of sp³-hybridized carbons (Fsp3) is 0.750. The Morgan fingerprint density at radius 3 is 2.69 bits per heavy atom. The zero-order valence-electron chi connectivity index (χ0n) is 8.15. The van der Waals surface area contributed by atoms with E-state index in [-0.39, 0.29) is 6.04 Å². The summed E-state index contributed by atoms with van der Waals surface area (Å²) >= 11 is 0. The van der Waals surface area contributed by atoms with Gasteiger partial charge in [0, 0.05) is 0 Å². The largest absolute Gasteiger partial charge is 0.483 e. The van der Waals surface area contributed by atoms with Gasteiger partial charge in [-0.3, -0.25) is 0 Å². The van der Waals surface area contributed by atoms with Gasteiger partial charge < -0.3 is 9.26 Å². The molecule has 2 atom stereocenters. The Bertz CT molecular complexity index is 238. The number of methoxy groups -OCH3 is 1. The molecule has 13 heavy (non-hydrogen) atoms. The first-order valence-electron chi connectivity index (χ1n) is 4.20. The summed E-state index contributed by atoms with van der Waals surface area (Å²) < 4.78 is 10.1. The maximum absolute atomic E-state index is 5.14. The molecule has 0 saturated heterocycles. The lowest BCUT2D eigenvalue weighted by Gasteiger charge is -2.22. The van der Waals surface area contributed by atoms with Crippen LogP contribution in [0.15, 0.2) is 9.98 Å². The average molecular weight is 202 g/mol. The van der Waals surface area contributed by atoms with Gasteiger partial charge in [0.2, 0.25) is 11.8 Å². The fourth-order valence-electron chi connectivity index (χ4n) is 1.18. The molecule has 5 heteroatoms. The van der Waals surface area contributed by atoms with Gasteiger partial charge >= 0.3 is 0 Å². The van der Waals surface area contributed by atoms with Gasteiger partial charge in [-0.2, -0.15) is 0 Å². The number of rotatable bonds is 1. The van der Waals surface area contributed by atoms with Crippen molar-refractivity contribution < 1.29 is 9.26 Å². The Morgan fingerprint density at radius 1 is 1.54 bits per heavy atom. The van der Waals surface area contributed by atoms with Crippen LogP contribution in [0.25, 0.3) is 0 Å². The van der Waals surface area contributed by atoms with E-state index >= 15 is 0 Å². The molecular formula is C8H15N2O2P. The quantitative estimate of drug-likeness (QED) is 0.601. The Labute approximate surface area is 80.7 Å². The Kier molecular flexibility index (Phi) is 3.67. The van der Waals surface area contributed by atoms with Crippen molar-refractivity contribution in [2.24, 2.45) is 15.9 Å². The van der Waals surface area contributed by atoms with E-state index in [0.717, 1.165) is 0 Å². The van der Waals surface area contributed by atoms with E-state index in [1.807, 2.05) is 0 Å². The van der Waals surface area contributed by atoms with E-state index in [9.17, 15) is 0 Å². The first kappa shape index (κ1) is 10.5. The van der Waals surface area contributed by atoms with Crippen LogP contribution in [0.1, 0.15) is 13.8 Å². The first-order valence-corrected chi connectivity index (χ1v) is 4.68. The van der Waals surface area contributed by atoms with Gasteiger partial charge in [0.15, 0.2) is 0 Å². The van der Waals surface area contributed by atoms with Crippen LogP contribution in [0.3, 0.4) is 0 Å². The van der Waals surface area contributed by atoms with Gasteiger partial charge in [0.1, 0.15) is 12.6 Å². The number of nitrogens with zero attached hydrogens (tertiary/aromatic N) is 2. The van der Waals surface area contributed by atoms with E-state index < -0.39 is 0 Å². The molecule has 0 fully saturated rings. The van der Waals surface area contributed by atoms with Crippen molar-refractivity contribution in [1.82, 2.24) is 0 Å². The summed E-state index contributed by atoms with van der Waals surface area (Å²) in [5.74, 6) is 1.71. The highest BCUT2D eigenvalue weighted by atomic mass is 31.0. The minimum absolute atomic E-state index is 0.00528. The molecule has 1 aliphatic rings. The third-order valence-electron chi connectivity index (χ3n) is 1.88. The summed E-state index contributed by atoms with van der Waals surface area (Å²) in [5.41, 5.74) is 0. The average Bonchev–Trinajstić information content (AvgIpc) is 2.16. The number of ether oxygens (including phenoxy) is 1. The van der Waals surface area contributed by atoms with Crippen molar-refractivity contribution in [2.75, 3.05) is 13.7 Å². The minimum Gasteiger partial charge on any atom is -0.483 e. The van der Waals surface area contributed by atoms with E-state index in [2.05, 4.69) is 33.3 Å². The third-order valence-corrected chi connectivity index (χ3v) is 2.15. The normalized spacial score (nSPS) is 22.4. The predicted molar refractivity (Wildman–Crippen MR) is 56.2 cm³/mol. The van der Waals surface area contributed by atoms with Crippen molar-refractivity contribution in [3.05, 3.63) is 0 Å². The minimum atomic E-state index is -0.00528. The molecule has 0 amide bonds. The van der Waals surface area contributed by atoms with Crippen LogP contribution in [0.5, 0.6) is 0 Å². The monoisotopic (exact) mass is 202 g/mol. The molecule has 0 aliphatic carbocycles. The van der Waals surface area contributed by atoms with Gasteiger partial charge in [-0.25, -0.2) is 9.98 Å². The summed E-state index contributed by atoms with van der Waals surface area (Å²) in [6.07, 6.45) is 0. The van der Waals surface area contributed by atoms with Crippen LogP contribution in [0.2, 0.25) is 0 Å². The molecule has 0 aromatic rings. The standard InChI is InChI=1S/C8H15N2O2P/c1-5(2)7-8(11-3)9-4-6(10-7)12-13/h5,7H,4,13H2,1-3H3. The second kappa shape index (κ2) is 4.56. The zero-order valence-corrected chi connectivity index (χ0v) is 9.30. The van der Waals surface area contributed by atoms with E-state index in [4.69, 9.17) is 9.26 Å². The summed E-state index contributed by atoms with van der Waals surface area (Å²) in [6, 6.07) is -0.00528. The van der Waals surface area contributed by atoms with Crippen LogP contribution in [-0.4, -0.2) is 31.5 Å². The molecule has 0 spiro atoms. The molecular weight excluding hydrogens is 187 g/mol. The van der Waals surface area contributed by atoms with E-state index in [0.29, 0.717) is 24.3 Å². The van der Waals surface area contributed by atoms with Crippen molar-refractivity contribution in [3.8, 4) is 0 Å². The molecule has 2 unspecified atom stereocenters. The second-order valence-corrected chi connectivity index (χ2v) is 3.42. The van der Waals surface area contributed by atoms with Gasteiger partial charge in [-0.1, -0.05) is 13.8 Å². The molecule has 1 heterocycles. The van der Waals surface area contributed by atoms with Gasteiger partial charge in [-0.05, 0) is 5.92 Å². The highest BCUT2D eigenvalue weighted by molar-refractivity contribution is 7.10. The van der Waals surface area contributed by atoms with Crippen molar-refractivity contribution in [3.63, 3.8) is 0 Å². The lowest BCUT2D eigenvalue weighted by molar-refractivity contribution is 0.358. The highest BCUT2D eigenvalue weighted by Crippen LogP contribution is 2.14. The second-order valence-electron chi connectivity index (χ2n) is 3.19. The maximum Gasteiger partial charge on any atom is 0.209 e. The van der Waals surface area contributed by atoms with Crippen LogP contribution < -0.4 is 0 Å². The molecule has 0 N–H and O–H groups in total. The zero-order chi connectivity index (χ0) is 9.84. The molecule has 0 aromatic carbocycles. The number of aliphatic imine (C=N–C) groups is 2. The summed E-state index contributed by atoms with van der Waals surface area (Å²) in [6.45, 7) is 4.62. The van der Waals surface area contributed by atoms with Gasteiger partial charge in [-0.15, -0.1) is 0 Å². The molecule has 0 bridgehead atoms. The van der Waals surface area contributed by atoms with Gasteiger partial charge in [0.25, 0.3) is 0 Å². The fourth-order valence-corrected chi connectivity index (χ4v) is 1.31. The van der Waals surface area contributed by atoms with Crippen LogP contribution >= 0.6 is 9.47 Å². The topological polar surface area (TPSA) is 43.2 Å². The summed E-state index contributed by atoms with van der Waals surface area (Å²) in [4.78, 5) is 8.60. The SMILES string of the molecule is COC1=NCC(OP)=NC1C(C)C. The molecule has 1 rings (SSSR count). The molecule has 0 radical (unpaired) electrons. The molecule has 4 nitrogen and oxygen atoms in total. The Morgan fingerprint density at radius 2 is 2.23 bits per heavy atom.